The second-order valence-electron chi connectivity index (χ2n) is 2.20. The fourth-order valence-electron chi connectivity index (χ4n) is 0.886. The van der Waals surface area contributed by atoms with E-state index in [1.807, 2.05) is 0 Å². The summed E-state index contributed by atoms with van der Waals surface area (Å²) in [5.74, 6) is -1.21. The van der Waals surface area contributed by atoms with E-state index in [4.69, 9.17) is 5.11 Å². The fraction of sp³-hybridized carbons (Fsp3) is 0.600. The number of hydrogen-bond acceptors (Lipinski definition) is 3. The van der Waals surface area contributed by atoms with Crippen molar-refractivity contribution in [1.29, 1.82) is 0 Å². The molecule has 2 N–H and O–H groups in total. The van der Waals surface area contributed by atoms with E-state index in [2.05, 4.69) is 5.43 Å². The number of hydrogen-bond donors (Lipinski definition) is 2. The zero-order valence-electron chi connectivity index (χ0n) is 5.50. The zero-order valence-corrected chi connectivity index (χ0v) is 5.50. The van der Waals surface area contributed by atoms with Gasteiger partial charge in [-0.15, -0.1) is 0 Å². The molecule has 1 unspecified atom stereocenters. The summed E-state index contributed by atoms with van der Waals surface area (Å²) in [5.41, 5.74) is 2.36. The molecule has 0 saturated carbocycles. The van der Waals surface area contributed by atoms with E-state index in [1.165, 1.54) is 12.1 Å². The largest absolute Gasteiger partial charge is 0.480 e. The van der Waals surface area contributed by atoms with E-state index in [0.29, 0.717) is 0 Å². The first kappa shape index (κ1) is 7.01. The summed E-state index contributed by atoms with van der Waals surface area (Å²) in [6.07, 6.45) is 0.0475. The monoisotopic (exact) mass is 144 g/mol. The molecule has 1 aliphatic heterocycles. The minimum absolute atomic E-state index is 0.0475. The number of carbonyl (C=O) groups excluding carboxylic acids is 1. The van der Waals surface area contributed by atoms with Crippen molar-refractivity contribution in [2.75, 3.05) is 7.05 Å². The molecule has 0 aromatic rings. The molecule has 1 atom stereocenters. The third-order valence-electron chi connectivity index (χ3n) is 1.43. The van der Waals surface area contributed by atoms with Crippen LogP contribution in [0.4, 0.5) is 0 Å². The molecule has 0 aliphatic carbocycles. The zero-order chi connectivity index (χ0) is 7.72. The van der Waals surface area contributed by atoms with Gasteiger partial charge in [0.15, 0.2) is 0 Å². The second kappa shape index (κ2) is 2.26. The van der Waals surface area contributed by atoms with Crippen LogP contribution in [0.3, 0.4) is 0 Å². The van der Waals surface area contributed by atoms with Gasteiger partial charge in [-0.2, -0.15) is 0 Å². The van der Waals surface area contributed by atoms with Gasteiger partial charge in [0.1, 0.15) is 6.04 Å². The highest BCUT2D eigenvalue weighted by Gasteiger charge is 2.32. The number of nitrogens with zero attached hydrogens (tertiary/aromatic N) is 1. The van der Waals surface area contributed by atoms with Gasteiger partial charge in [0.25, 0.3) is 0 Å². The van der Waals surface area contributed by atoms with Crippen LogP contribution in [0.1, 0.15) is 6.42 Å². The average Bonchev–Trinajstić information content (AvgIpc) is 2.10. The molecular weight excluding hydrogens is 136 g/mol. The highest BCUT2D eigenvalue weighted by molar-refractivity contribution is 5.87. The van der Waals surface area contributed by atoms with E-state index >= 15 is 0 Å². The van der Waals surface area contributed by atoms with Crippen LogP contribution in [-0.2, 0) is 9.59 Å². The van der Waals surface area contributed by atoms with Crippen LogP contribution in [0.25, 0.3) is 0 Å². The Balaban J connectivity index is 2.63. The summed E-state index contributed by atoms with van der Waals surface area (Å²) in [4.78, 5) is 20.9. The summed E-state index contributed by atoms with van der Waals surface area (Å²) in [5, 5.41) is 9.76. The lowest BCUT2D eigenvalue weighted by molar-refractivity contribution is -0.142. The number of hydrazine groups is 1. The van der Waals surface area contributed by atoms with Gasteiger partial charge < -0.3 is 5.11 Å². The number of carboxylic acids is 1. The minimum Gasteiger partial charge on any atom is -0.480 e. The van der Waals surface area contributed by atoms with Crippen LogP contribution in [0, 0.1) is 0 Å². The first-order valence-corrected chi connectivity index (χ1v) is 2.86. The van der Waals surface area contributed by atoms with Crippen molar-refractivity contribution in [3.05, 3.63) is 0 Å². The van der Waals surface area contributed by atoms with E-state index < -0.39 is 12.0 Å². The maximum absolute atomic E-state index is 10.6. The number of aliphatic carboxylic acids is 1. The molecule has 0 aromatic carbocycles. The molecule has 0 bridgehead atoms. The molecule has 0 spiro atoms. The molecule has 5 nitrogen and oxygen atoms in total. The molecule has 1 amide bonds. The number of likely N-dealkylation sites (N-methyl/N-ethyl adjacent to an activating group) is 1. The Morgan fingerprint density at radius 3 is 2.70 bits per heavy atom. The number of nitrogens with one attached hydrogen (secondary N) is 1. The molecular formula is C5H8N2O3. The first-order chi connectivity index (χ1) is 4.61. The van der Waals surface area contributed by atoms with Gasteiger partial charge in [0, 0.05) is 7.05 Å². The van der Waals surface area contributed by atoms with Gasteiger partial charge in [-0.3, -0.25) is 15.0 Å². The lowest BCUT2D eigenvalue weighted by Crippen LogP contribution is -2.38. The Kier molecular flexibility index (Phi) is 1.58. The van der Waals surface area contributed by atoms with Crippen molar-refractivity contribution in [3.63, 3.8) is 0 Å². The normalized spacial score (nSPS) is 26.5. The summed E-state index contributed by atoms with van der Waals surface area (Å²) >= 11 is 0. The van der Waals surface area contributed by atoms with Crippen molar-refractivity contribution < 1.29 is 14.7 Å². The van der Waals surface area contributed by atoms with E-state index in [0.717, 1.165) is 0 Å². The van der Waals surface area contributed by atoms with Crippen molar-refractivity contribution in [2.24, 2.45) is 0 Å². The Hall–Kier alpha value is -1.10. The highest BCUT2D eigenvalue weighted by atomic mass is 16.4. The molecule has 1 saturated heterocycles. The third-order valence-corrected chi connectivity index (χ3v) is 1.43. The third kappa shape index (κ3) is 1.08. The van der Waals surface area contributed by atoms with E-state index in [1.54, 1.807) is 0 Å². The Morgan fingerprint density at radius 1 is 1.90 bits per heavy atom. The molecule has 10 heavy (non-hydrogen) atoms. The molecule has 5 heteroatoms. The van der Waals surface area contributed by atoms with Gasteiger partial charge in [-0.1, -0.05) is 0 Å². The van der Waals surface area contributed by atoms with E-state index in [-0.39, 0.29) is 12.3 Å². The summed E-state index contributed by atoms with van der Waals surface area (Å²) in [6, 6.07) is -0.701. The predicted octanol–water partition coefficient (Wildman–Crippen LogP) is -1.19. The van der Waals surface area contributed by atoms with Crippen molar-refractivity contribution in [2.45, 2.75) is 12.5 Å². The van der Waals surface area contributed by atoms with Gasteiger partial charge in [-0.25, -0.2) is 5.01 Å². The summed E-state index contributed by atoms with van der Waals surface area (Å²) < 4.78 is 0. The van der Waals surface area contributed by atoms with Gasteiger partial charge in [0.2, 0.25) is 5.91 Å². The van der Waals surface area contributed by atoms with Crippen LogP contribution in [0.2, 0.25) is 0 Å². The lowest BCUT2D eigenvalue weighted by atomic mass is 10.2. The quantitative estimate of drug-likeness (QED) is 0.485. The topological polar surface area (TPSA) is 69.6 Å². The van der Waals surface area contributed by atoms with Gasteiger partial charge >= 0.3 is 5.97 Å². The Labute approximate surface area is 57.6 Å². The number of amides is 1. The summed E-state index contributed by atoms with van der Waals surface area (Å²) in [7, 11) is 1.53. The maximum Gasteiger partial charge on any atom is 0.323 e. The van der Waals surface area contributed by atoms with Crippen molar-refractivity contribution in [3.8, 4) is 0 Å². The Morgan fingerprint density at radius 2 is 2.50 bits per heavy atom. The van der Waals surface area contributed by atoms with Gasteiger partial charge in [0.05, 0.1) is 6.42 Å². The average molecular weight is 144 g/mol. The highest BCUT2D eigenvalue weighted by Crippen LogP contribution is 2.06. The lowest BCUT2D eigenvalue weighted by Gasteiger charge is -2.12. The molecule has 1 rings (SSSR count). The molecule has 1 fully saturated rings. The molecule has 1 aliphatic rings. The predicted molar refractivity (Wildman–Crippen MR) is 31.9 cm³/mol. The number of rotatable bonds is 1. The summed E-state index contributed by atoms with van der Waals surface area (Å²) in [6.45, 7) is 0. The standard InChI is InChI=1S/C5H8N2O3/c1-7-3(5(9)10)2-4(8)6-7/h3H,2H2,1H3,(H,6,8)(H,9,10). The smallest absolute Gasteiger partial charge is 0.323 e. The fourth-order valence-corrected chi connectivity index (χ4v) is 0.886. The van der Waals surface area contributed by atoms with Crippen LogP contribution in [0.5, 0.6) is 0 Å². The first-order valence-electron chi connectivity index (χ1n) is 2.86. The molecule has 0 radical (unpaired) electrons. The Bertz CT molecular complexity index is 180. The molecule has 1 heterocycles. The number of carboxylic acid groups (broad SMARTS) is 1. The minimum atomic E-state index is -0.971. The van der Waals surface area contributed by atoms with E-state index in [9.17, 15) is 9.59 Å². The van der Waals surface area contributed by atoms with Crippen molar-refractivity contribution >= 4 is 11.9 Å². The maximum atomic E-state index is 10.6. The van der Waals surface area contributed by atoms with Crippen LogP contribution in [0.15, 0.2) is 0 Å². The van der Waals surface area contributed by atoms with Crippen molar-refractivity contribution in [1.82, 2.24) is 10.4 Å². The van der Waals surface area contributed by atoms with Crippen LogP contribution >= 0.6 is 0 Å². The molecule has 56 valence electrons. The van der Waals surface area contributed by atoms with Crippen LogP contribution < -0.4 is 5.43 Å². The number of carbonyl (C=O) groups is 2. The molecule has 0 aromatic heterocycles. The SMILES string of the molecule is CN1NC(=O)CC1C(=O)O. The van der Waals surface area contributed by atoms with Gasteiger partial charge in [-0.05, 0) is 0 Å². The second-order valence-corrected chi connectivity index (χ2v) is 2.20. The van der Waals surface area contributed by atoms with Crippen LogP contribution in [-0.4, -0.2) is 35.1 Å².